The van der Waals surface area contributed by atoms with Gasteiger partial charge < -0.3 is 20.1 Å². The first-order valence-electron chi connectivity index (χ1n) is 10.3. The highest BCUT2D eigenvalue weighted by molar-refractivity contribution is 6.03. The summed E-state index contributed by atoms with van der Waals surface area (Å²) in [7, 11) is 0. The van der Waals surface area contributed by atoms with Crippen molar-refractivity contribution < 1.29 is 40.6 Å². The summed E-state index contributed by atoms with van der Waals surface area (Å²) in [6, 6.07) is 7.00. The van der Waals surface area contributed by atoms with Crippen LogP contribution in [-0.2, 0) is 6.18 Å². The summed E-state index contributed by atoms with van der Waals surface area (Å²) < 4.78 is 91.7. The van der Waals surface area contributed by atoms with Crippen molar-refractivity contribution >= 4 is 17.4 Å². The van der Waals surface area contributed by atoms with E-state index in [0.29, 0.717) is 21.7 Å². The van der Waals surface area contributed by atoms with E-state index in [0.717, 1.165) is 24.3 Å². The maximum Gasteiger partial charge on any atom is 0.416 e. The Balaban J connectivity index is 1.42. The number of ether oxygens (including phenoxy) is 2. The van der Waals surface area contributed by atoms with Gasteiger partial charge in [0.05, 0.1) is 11.6 Å². The van der Waals surface area contributed by atoms with Gasteiger partial charge in [0.25, 0.3) is 5.91 Å². The fourth-order valence-corrected chi connectivity index (χ4v) is 4.00. The maximum absolute atomic E-state index is 13.9. The summed E-state index contributed by atoms with van der Waals surface area (Å²) in [6.45, 7) is 0.0131. The fourth-order valence-electron chi connectivity index (χ4n) is 4.00. The molecule has 3 heterocycles. The number of halogens is 6. The Morgan fingerprint density at radius 2 is 1.80 bits per heavy atom. The van der Waals surface area contributed by atoms with Gasteiger partial charge >= 0.3 is 12.4 Å². The second-order valence-corrected chi connectivity index (χ2v) is 7.99. The average molecular weight is 498 g/mol. The van der Waals surface area contributed by atoms with Crippen molar-refractivity contribution in [3.63, 3.8) is 0 Å². The number of carbonyl (C=O) groups excluding carboxylic acids is 1. The lowest BCUT2D eigenvalue weighted by molar-refractivity contribution is -0.173. The first-order chi connectivity index (χ1) is 16.5. The lowest BCUT2D eigenvalue weighted by atomic mass is 9.96. The van der Waals surface area contributed by atoms with E-state index in [1.165, 1.54) is 6.07 Å². The summed E-state index contributed by atoms with van der Waals surface area (Å²) in [5.41, 5.74) is -1.02. The number of carbonyl (C=O) groups is 1. The van der Waals surface area contributed by atoms with Gasteiger partial charge in [0.15, 0.2) is 23.2 Å². The molecule has 3 aromatic rings. The highest BCUT2D eigenvalue weighted by Gasteiger charge is 2.47. The molecule has 35 heavy (non-hydrogen) atoms. The summed E-state index contributed by atoms with van der Waals surface area (Å²) in [4.78, 5) is 12.6. The normalized spacial score (nSPS) is 19.1. The lowest BCUT2D eigenvalue weighted by Gasteiger charge is -2.33. The van der Waals surface area contributed by atoms with Crippen molar-refractivity contribution in [1.82, 2.24) is 9.78 Å². The Hall–Kier alpha value is -3.90. The number of fused-ring (bicyclic) bond motifs is 2. The number of hydrogen-bond donors (Lipinski definition) is 2. The third-order valence-electron chi connectivity index (χ3n) is 5.67. The van der Waals surface area contributed by atoms with Crippen molar-refractivity contribution in [1.29, 1.82) is 0 Å². The second kappa shape index (κ2) is 8.10. The summed E-state index contributed by atoms with van der Waals surface area (Å²) in [6.07, 6.45) is -9.71. The largest absolute Gasteiger partial charge is 0.454 e. The van der Waals surface area contributed by atoms with Crippen LogP contribution in [0.5, 0.6) is 11.5 Å². The molecule has 2 N–H and O–H groups in total. The van der Waals surface area contributed by atoms with Crippen molar-refractivity contribution in [3.05, 3.63) is 65.4 Å². The van der Waals surface area contributed by atoms with Crippen LogP contribution in [-0.4, -0.2) is 28.7 Å². The molecule has 13 heteroatoms. The third kappa shape index (κ3) is 4.45. The zero-order valence-electron chi connectivity index (χ0n) is 17.6. The summed E-state index contributed by atoms with van der Waals surface area (Å²) >= 11 is 0. The Labute approximate surface area is 193 Å². The number of benzene rings is 2. The molecule has 184 valence electrons. The first-order valence-corrected chi connectivity index (χ1v) is 10.3. The van der Waals surface area contributed by atoms with E-state index in [-0.39, 0.29) is 24.0 Å². The van der Waals surface area contributed by atoms with Crippen LogP contribution < -0.4 is 20.1 Å². The van der Waals surface area contributed by atoms with Gasteiger partial charge in [-0.05, 0) is 35.9 Å². The summed E-state index contributed by atoms with van der Waals surface area (Å²) in [5.74, 6) is -0.118. The predicted molar refractivity (Wildman–Crippen MR) is 110 cm³/mol. The first kappa shape index (κ1) is 22.9. The van der Waals surface area contributed by atoms with Crippen molar-refractivity contribution in [2.24, 2.45) is 0 Å². The number of nitrogens with one attached hydrogen (secondary N) is 2. The highest BCUT2D eigenvalue weighted by atomic mass is 19.4. The molecule has 7 nitrogen and oxygen atoms in total. The van der Waals surface area contributed by atoms with Crippen LogP contribution in [0.15, 0.2) is 48.5 Å². The van der Waals surface area contributed by atoms with E-state index in [9.17, 15) is 31.1 Å². The zero-order valence-corrected chi connectivity index (χ0v) is 17.6. The molecule has 0 unspecified atom stereocenters. The molecule has 0 bridgehead atoms. The van der Waals surface area contributed by atoms with Crippen LogP contribution in [0.25, 0.3) is 0 Å². The molecular formula is C22H16F6N4O3. The minimum atomic E-state index is -4.67. The third-order valence-corrected chi connectivity index (χ3v) is 5.67. The molecule has 0 saturated carbocycles. The highest BCUT2D eigenvalue weighted by Crippen LogP contribution is 2.45. The fraction of sp³-hybridized carbons (Fsp3) is 0.273. The van der Waals surface area contributed by atoms with Crippen LogP contribution in [0.4, 0.5) is 37.8 Å². The van der Waals surface area contributed by atoms with E-state index < -0.39 is 42.3 Å². The monoisotopic (exact) mass is 498 g/mol. The number of rotatable bonds is 3. The summed E-state index contributed by atoms with van der Waals surface area (Å²) in [5, 5.41) is 9.01. The van der Waals surface area contributed by atoms with Gasteiger partial charge in [-0.15, -0.1) is 0 Å². The Morgan fingerprint density at radius 3 is 2.54 bits per heavy atom. The standard InChI is InChI=1S/C22H16F6N4O3/c23-21(24,25)12-2-1-3-13(7-12)29-20(33)15-9-19-30-14(8-18(22(26,27)28)32(19)31-15)11-4-5-16-17(6-11)35-10-34-16/h1-7,9,14,18,30H,8,10H2,(H,29,33)/t14-,18+/m0/s1. The van der Waals surface area contributed by atoms with Crippen LogP contribution in [0.2, 0.25) is 0 Å². The molecule has 2 aliphatic rings. The Bertz CT molecular complexity index is 1290. The molecule has 1 aromatic heterocycles. The van der Waals surface area contributed by atoms with E-state index in [2.05, 4.69) is 15.7 Å². The van der Waals surface area contributed by atoms with Crippen molar-refractivity contribution in [3.8, 4) is 11.5 Å². The van der Waals surface area contributed by atoms with E-state index in [1.807, 2.05) is 0 Å². The van der Waals surface area contributed by atoms with Crippen LogP contribution in [0.1, 0.15) is 40.1 Å². The van der Waals surface area contributed by atoms with Crippen LogP contribution >= 0.6 is 0 Å². The van der Waals surface area contributed by atoms with E-state index in [4.69, 9.17) is 9.47 Å². The average Bonchev–Trinajstić information content (AvgIpc) is 3.43. The quantitative estimate of drug-likeness (QED) is 0.464. The van der Waals surface area contributed by atoms with Gasteiger partial charge in [-0.2, -0.15) is 31.4 Å². The molecule has 2 aliphatic heterocycles. The Morgan fingerprint density at radius 1 is 1.03 bits per heavy atom. The van der Waals surface area contributed by atoms with Crippen LogP contribution in [0, 0.1) is 0 Å². The molecule has 5 rings (SSSR count). The topological polar surface area (TPSA) is 77.4 Å². The van der Waals surface area contributed by atoms with Crippen molar-refractivity contribution in [2.45, 2.75) is 30.9 Å². The van der Waals surface area contributed by atoms with Crippen LogP contribution in [0.3, 0.4) is 0 Å². The van der Waals surface area contributed by atoms with Gasteiger partial charge in [0.2, 0.25) is 6.79 Å². The molecule has 0 saturated heterocycles. The number of nitrogens with zero attached hydrogens (tertiary/aromatic N) is 2. The number of anilines is 2. The lowest BCUT2D eigenvalue weighted by Crippen LogP contribution is -2.35. The number of aromatic nitrogens is 2. The van der Waals surface area contributed by atoms with Gasteiger partial charge in [0, 0.05) is 18.2 Å². The van der Waals surface area contributed by atoms with Gasteiger partial charge in [0.1, 0.15) is 5.82 Å². The smallest absolute Gasteiger partial charge is 0.416 e. The molecule has 0 spiro atoms. The molecule has 0 aliphatic carbocycles. The minimum Gasteiger partial charge on any atom is -0.454 e. The number of alkyl halides is 6. The molecular weight excluding hydrogens is 482 g/mol. The van der Waals surface area contributed by atoms with Gasteiger partial charge in [-0.3, -0.25) is 4.79 Å². The molecule has 0 radical (unpaired) electrons. The molecule has 0 fully saturated rings. The SMILES string of the molecule is O=C(Nc1cccc(C(F)(F)F)c1)c1cc2n(n1)[C@@H](C(F)(F)F)C[C@@H](c1ccc3c(c1)OCO3)N2. The minimum absolute atomic E-state index is 0.0131. The van der Waals surface area contributed by atoms with E-state index >= 15 is 0 Å². The van der Waals surface area contributed by atoms with E-state index in [1.54, 1.807) is 18.2 Å². The molecule has 1 amide bonds. The van der Waals surface area contributed by atoms with Crippen molar-refractivity contribution in [2.75, 3.05) is 17.4 Å². The second-order valence-electron chi connectivity index (χ2n) is 7.99. The van der Waals surface area contributed by atoms with Gasteiger partial charge in [-0.1, -0.05) is 12.1 Å². The predicted octanol–water partition coefficient (Wildman–Crippen LogP) is 5.54. The number of amides is 1. The molecule has 2 aromatic carbocycles. The zero-order chi connectivity index (χ0) is 25.0. The number of hydrogen-bond acceptors (Lipinski definition) is 5. The molecule has 2 atom stereocenters. The van der Waals surface area contributed by atoms with Gasteiger partial charge in [-0.25, -0.2) is 4.68 Å². The maximum atomic E-state index is 13.9. The Kier molecular flexibility index (Phi) is 5.29.